The predicted molar refractivity (Wildman–Crippen MR) is 109 cm³/mol. The molecule has 0 unspecified atom stereocenters. The molecule has 3 N–H and O–H groups in total. The van der Waals surface area contributed by atoms with E-state index < -0.39 is 29.9 Å². The van der Waals surface area contributed by atoms with E-state index in [-0.39, 0.29) is 31.0 Å². The molecule has 0 spiro atoms. The lowest BCUT2D eigenvalue weighted by molar-refractivity contribution is -0.142. The summed E-state index contributed by atoms with van der Waals surface area (Å²) >= 11 is 0. The van der Waals surface area contributed by atoms with Gasteiger partial charge in [0.15, 0.2) is 0 Å². The van der Waals surface area contributed by atoms with Crippen molar-refractivity contribution in [2.75, 3.05) is 19.8 Å². The molecule has 9 nitrogen and oxygen atoms in total. The Kier molecular flexibility index (Phi) is 7.97. The fourth-order valence-corrected chi connectivity index (χ4v) is 2.92. The number of rotatable bonds is 8. The highest BCUT2D eigenvalue weighted by atomic mass is 16.5. The highest BCUT2D eigenvalue weighted by molar-refractivity contribution is 5.96. The van der Waals surface area contributed by atoms with Gasteiger partial charge in [0, 0.05) is 5.56 Å². The van der Waals surface area contributed by atoms with E-state index in [1.165, 1.54) is 0 Å². The third-order valence-corrected chi connectivity index (χ3v) is 4.69. The maximum absolute atomic E-state index is 12.3. The molecule has 1 atom stereocenters. The molecule has 162 valence electrons. The number of carbonyl (C=O) groups excluding carboxylic acids is 4. The summed E-state index contributed by atoms with van der Waals surface area (Å²) < 4.78 is 10.2. The molecule has 30 heavy (non-hydrogen) atoms. The first-order valence-corrected chi connectivity index (χ1v) is 9.75. The average Bonchev–Trinajstić information content (AvgIpc) is 2.71. The van der Waals surface area contributed by atoms with Crippen LogP contribution in [0.15, 0.2) is 29.5 Å². The first-order chi connectivity index (χ1) is 14.3. The fourth-order valence-electron chi connectivity index (χ4n) is 2.92. The van der Waals surface area contributed by atoms with Gasteiger partial charge < -0.3 is 25.4 Å². The van der Waals surface area contributed by atoms with Crippen molar-refractivity contribution in [3.8, 4) is 0 Å². The predicted octanol–water partition coefficient (Wildman–Crippen LogP) is 1.49. The van der Waals surface area contributed by atoms with E-state index >= 15 is 0 Å². The monoisotopic (exact) mass is 417 g/mol. The molecule has 1 aromatic carbocycles. The molecular formula is C21H27N3O6. The number of hydrogen-bond donors (Lipinski definition) is 3. The Hall–Kier alpha value is -3.36. The molecule has 0 saturated carbocycles. The van der Waals surface area contributed by atoms with Gasteiger partial charge in [-0.2, -0.15) is 0 Å². The molecule has 0 aliphatic carbocycles. The van der Waals surface area contributed by atoms with Gasteiger partial charge in [0.05, 0.1) is 23.9 Å². The van der Waals surface area contributed by atoms with Crippen molar-refractivity contribution in [2.45, 2.75) is 40.2 Å². The topological polar surface area (TPSA) is 123 Å². The SMILES string of the molecule is CCOC(=O)C1=C(COC(=O)CNC(=O)c2ccc(C)c(C)c2)NC(=O)N[C@H]1CC. The number of aryl methyl sites for hydroxylation is 2. The molecule has 1 heterocycles. The number of nitrogens with one attached hydrogen (secondary N) is 3. The Morgan fingerprint density at radius 3 is 2.47 bits per heavy atom. The Morgan fingerprint density at radius 1 is 1.10 bits per heavy atom. The second-order valence-corrected chi connectivity index (χ2v) is 6.81. The van der Waals surface area contributed by atoms with Gasteiger partial charge >= 0.3 is 18.0 Å². The number of carbonyl (C=O) groups is 4. The lowest BCUT2D eigenvalue weighted by Crippen LogP contribution is -2.51. The molecule has 1 aromatic rings. The van der Waals surface area contributed by atoms with E-state index in [2.05, 4.69) is 16.0 Å². The summed E-state index contributed by atoms with van der Waals surface area (Å²) in [5.41, 5.74) is 2.85. The van der Waals surface area contributed by atoms with Crippen LogP contribution in [0.5, 0.6) is 0 Å². The van der Waals surface area contributed by atoms with Gasteiger partial charge in [-0.05, 0) is 50.5 Å². The summed E-state index contributed by atoms with van der Waals surface area (Å²) in [6.45, 7) is 6.81. The van der Waals surface area contributed by atoms with Crippen LogP contribution in [0.1, 0.15) is 41.8 Å². The standard InChI is InChI=1S/C21H27N3O6/c1-5-15-18(20(27)29-6-2)16(24-21(28)23-15)11-30-17(25)10-22-19(26)14-8-7-12(3)13(4)9-14/h7-9,15H,5-6,10-11H2,1-4H3,(H,22,26)(H2,23,24,28)/t15-/m0/s1. The van der Waals surface area contributed by atoms with Crippen molar-refractivity contribution < 1.29 is 28.7 Å². The molecule has 0 aromatic heterocycles. The largest absolute Gasteiger partial charge is 0.463 e. The zero-order valence-electron chi connectivity index (χ0n) is 17.6. The summed E-state index contributed by atoms with van der Waals surface area (Å²) in [5, 5.41) is 7.62. The van der Waals surface area contributed by atoms with Crippen LogP contribution < -0.4 is 16.0 Å². The Balaban J connectivity index is 1.99. The first kappa shape index (κ1) is 22.9. The molecular weight excluding hydrogens is 390 g/mol. The van der Waals surface area contributed by atoms with E-state index in [9.17, 15) is 19.2 Å². The zero-order chi connectivity index (χ0) is 22.3. The van der Waals surface area contributed by atoms with Gasteiger partial charge in [-0.3, -0.25) is 9.59 Å². The van der Waals surface area contributed by atoms with Crippen LogP contribution in [0.2, 0.25) is 0 Å². The normalized spacial score (nSPS) is 15.7. The Bertz CT molecular complexity index is 877. The van der Waals surface area contributed by atoms with Crippen molar-refractivity contribution in [2.24, 2.45) is 0 Å². The van der Waals surface area contributed by atoms with E-state index in [0.29, 0.717) is 12.0 Å². The van der Waals surface area contributed by atoms with Crippen molar-refractivity contribution in [1.82, 2.24) is 16.0 Å². The maximum Gasteiger partial charge on any atom is 0.338 e. The van der Waals surface area contributed by atoms with Crippen LogP contribution in [0.25, 0.3) is 0 Å². The van der Waals surface area contributed by atoms with Gasteiger partial charge in [0.2, 0.25) is 0 Å². The molecule has 9 heteroatoms. The van der Waals surface area contributed by atoms with Gasteiger partial charge in [-0.1, -0.05) is 13.0 Å². The number of amides is 3. The third-order valence-electron chi connectivity index (χ3n) is 4.69. The smallest absolute Gasteiger partial charge is 0.338 e. The number of benzene rings is 1. The van der Waals surface area contributed by atoms with E-state index in [0.717, 1.165) is 11.1 Å². The number of ether oxygens (including phenoxy) is 2. The summed E-state index contributed by atoms with van der Waals surface area (Å²) in [7, 11) is 0. The Labute approximate surface area is 175 Å². The molecule has 0 radical (unpaired) electrons. The van der Waals surface area contributed by atoms with Crippen molar-refractivity contribution in [1.29, 1.82) is 0 Å². The van der Waals surface area contributed by atoms with Gasteiger partial charge in [0.1, 0.15) is 13.2 Å². The van der Waals surface area contributed by atoms with Crippen LogP contribution in [0.4, 0.5) is 4.79 Å². The highest BCUT2D eigenvalue weighted by Gasteiger charge is 2.32. The molecule has 0 saturated heterocycles. The van der Waals surface area contributed by atoms with Gasteiger partial charge in [-0.15, -0.1) is 0 Å². The molecule has 1 aliphatic rings. The minimum atomic E-state index is -0.705. The van der Waals surface area contributed by atoms with Gasteiger partial charge in [0.25, 0.3) is 5.91 Å². The van der Waals surface area contributed by atoms with Crippen LogP contribution >= 0.6 is 0 Å². The van der Waals surface area contributed by atoms with Crippen molar-refractivity contribution >= 4 is 23.9 Å². The fraction of sp³-hybridized carbons (Fsp3) is 0.429. The second kappa shape index (κ2) is 10.4. The Morgan fingerprint density at radius 2 is 1.83 bits per heavy atom. The summed E-state index contributed by atoms with van der Waals surface area (Å²) in [6, 6.07) is 4.20. The van der Waals surface area contributed by atoms with Crippen molar-refractivity contribution in [3.63, 3.8) is 0 Å². The third kappa shape index (κ3) is 5.82. The van der Waals surface area contributed by atoms with Gasteiger partial charge in [-0.25, -0.2) is 9.59 Å². The second-order valence-electron chi connectivity index (χ2n) is 6.81. The number of hydrogen-bond acceptors (Lipinski definition) is 6. The van der Waals surface area contributed by atoms with Crippen LogP contribution in [-0.2, 0) is 19.1 Å². The minimum absolute atomic E-state index is 0.165. The quantitative estimate of drug-likeness (QED) is 0.551. The summed E-state index contributed by atoms with van der Waals surface area (Å²) in [4.78, 5) is 48.4. The molecule has 1 aliphatic heterocycles. The van der Waals surface area contributed by atoms with E-state index in [4.69, 9.17) is 9.47 Å². The van der Waals surface area contributed by atoms with E-state index in [1.807, 2.05) is 19.9 Å². The molecule has 0 bridgehead atoms. The van der Waals surface area contributed by atoms with Crippen LogP contribution in [0.3, 0.4) is 0 Å². The van der Waals surface area contributed by atoms with Crippen LogP contribution in [-0.4, -0.2) is 49.7 Å². The minimum Gasteiger partial charge on any atom is -0.463 e. The summed E-state index contributed by atoms with van der Waals surface area (Å²) in [6.07, 6.45) is 0.463. The molecule has 3 amide bonds. The summed E-state index contributed by atoms with van der Waals surface area (Å²) in [5.74, 6) is -1.70. The lowest BCUT2D eigenvalue weighted by Gasteiger charge is -2.28. The molecule has 0 fully saturated rings. The van der Waals surface area contributed by atoms with E-state index in [1.54, 1.807) is 26.0 Å². The first-order valence-electron chi connectivity index (χ1n) is 9.75. The van der Waals surface area contributed by atoms with Crippen LogP contribution in [0, 0.1) is 13.8 Å². The zero-order valence-corrected chi connectivity index (χ0v) is 17.6. The average molecular weight is 417 g/mol. The van der Waals surface area contributed by atoms with Crippen molar-refractivity contribution in [3.05, 3.63) is 46.2 Å². The highest BCUT2D eigenvalue weighted by Crippen LogP contribution is 2.17. The maximum atomic E-state index is 12.3. The lowest BCUT2D eigenvalue weighted by atomic mass is 10.0. The number of esters is 2. The molecule has 2 rings (SSSR count). The number of urea groups is 1.